The third-order valence-electron chi connectivity index (χ3n) is 3.35. The summed E-state index contributed by atoms with van der Waals surface area (Å²) >= 11 is 0. The van der Waals surface area contributed by atoms with Crippen molar-refractivity contribution in [3.05, 3.63) is 11.8 Å². The minimum absolute atomic E-state index is 0.166. The maximum atomic E-state index is 12.1. The Hall–Kier alpha value is -1.36. The monoisotopic (exact) mass is 237 g/mol. The largest absolute Gasteiger partial charge is 0.338 e. The van der Waals surface area contributed by atoms with E-state index < -0.39 is 5.54 Å². The molecular weight excluding hydrogens is 218 g/mol. The van der Waals surface area contributed by atoms with Gasteiger partial charge in [0.15, 0.2) is 0 Å². The van der Waals surface area contributed by atoms with Gasteiger partial charge in [0.1, 0.15) is 0 Å². The molecule has 1 aromatic heterocycles. The number of nitrogens with one attached hydrogen (secondary N) is 1. The maximum Gasteiger partial charge on any atom is 0.246 e. The summed E-state index contributed by atoms with van der Waals surface area (Å²) < 4.78 is 4.96. The van der Waals surface area contributed by atoms with Crippen LogP contribution in [0.15, 0.2) is 10.6 Å². The first-order valence-electron chi connectivity index (χ1n) is 6.03. The number of anilines is 1. The zero-order valence-electron chi connectivity index (χ0n) is 10.3. The Kier molecular flexibility index (Phi) is 3.19. The molecule has 1 saturated carbocycles. The van der Waals surface area contributed by atoms with Gasteiger partial charge in [-0.15, -0.1) is 0 Å². The third kappa shape index (κ3) is 2.66. The summed E-state index contributed by atoms with van der Waals surface area (Å²) in [6.45, 7) is 3.94. The van der Waals surface area contributed by atoms with Gasteiger partial charge >= 0.3 is 0 Å². The van der Waals surface area contributed by atoms with Crippen molar-refractivity contribution in [2.75, 3.05) is 5.32 Å². The Morgan fingerprint density at radius 3 is 3.06 bits per heavy atom. The lowest BCUT2D eigenvalue weighted by molar-refractivity contribution is -0.122. The van der Waals surface area contributed by atoms with Crippen LogP contribution < -0.4 is 11.1 Å². The van der Waals surface area contributed by atoms with Crippen molar-refractivity contribution >= 4 is 11.8 Å². The SMILES string of the molecule is Cc1cc(NC(=O)C2(N)CCCC(C)C2)on1. The van der Waals surface area contributed by atoms with E-state index in [0.717, 1.165) is 31.4 Å². The lowest BCUT2D eigenvalue weighted by atomic mass is 9.76. The summed E-state index contributed by atoms with van der Waals surface area (Å²) in [6, 6.07) is 1.69. The second-order valence-corrected chi connectivity index (χ2v) is 5.14. The van der Waals surface area contributed by atoms with E-state index in [-0.39, 0.29) is 5.91 Å². The van der Waals surface area contributed by atoms with Gasteiger partial charge in [0, 0.05) is 6.07 Å². The van der Waals surface area contributed by atoms with Crippen LogP contribution in [0.1, 0.15) is 38.3 Å². The molecule has 94 valence electrons. The van der Waals surface area contributed by atoms with Gasteiger partial charge in [-0.2, -0.15) is 0 Å². The summed E-state index contributed by atoms with van der Waals surface area (Å²) in [5, 5.41) is 6.42. The molecule has 3 N–H and O–H groups in total. The minimum atomic E-state index is -0.766. The first-order valence-corrected chi connectivity index (χ1v) is 6.03. The Balaban J connectivity index is 2.03. The van der Waals surface area contributed by atoms with Crippen molar-refractivity contribution in [2.24, 2.45) is 11.7 Å². The Labute approximate surface area is 101 Å². The van der Waals surface area contributed by atoms with Crippen LogP contribution in [0.3, 0.4) is 0 Å². The standard InChI is InChI=1S/C12H19N3O2/c1-8-4-3-5-12(13,7-8)11(16)14-10-6-9(2)15-17-10/h6,8H,3-5,7,13H2,1-2H3,(H,14,16). The van der Waals surface area contributed by atoms with E-state index in [9.17, 15) is 4.79 Å². The predicted octanol–water partition coefficient (Wildman–Crippen LogP) is 1.83. The second-order valence-electron chi connectivity index (χ2n) is 5.14. The van der Waals surface area contributed by atoms with E-state index in [4.69, 9.17) is 10.3 Å². The Bertz CT molecular complexity index is 416. The van der Waals surface area contributed by atoms with E-state index in [2.05, 4.69) is 17.4 Å². The maximum absolute atomic E-state index is 12.1. The molecule has 1 fully saturated rings. The number of nitrogens with two attached hydrogens (primary N) is 1. The van der Waals surface area contributed by atoms with Gasteiger partial charge in [-0.3, -0.25) is 10.1 Å². The molecule has 5 nitrogen and oxygen atoms in total. The van der Waals surface area contributed by atoms with Crippen molar-refractivity contribution in [3.8, 4) is 0 Å². The van der Waals surface area contributed by atoms with E-state index in [0.29, 0.717) is 11.8 Å². The summed E-state index contributed by atoms with van der Waals surface area (Å²) in [4.78, 5) is 12.1. The zero-order valence-corrected chi connectivity index (χ0v) is 10.3. The molecule has 2 atom stereocenters. The first kappa shape index (κ1) is 12.1. The van der Waals surface area contributed by atoms with Crippen LogP contribution in [0, 0.1) is 12.8 Å². The second kappa shape index (κ2) is 4.49. The molecular formula is C12H19N3O2. The van der Waals surface area contributed by atoms with E-state index in [1.807, 2.05) is 0 Å². The van der Waals surface area contributed by atoms with E-state index in [1.165, 1.54) is 0 Å². The quantitative estimate of drug-likeness (QED) is 0.822. The van der Waals surface area contributed by atoms with Crippen LogP contribution in [0.4, 0.5) is 5.88 Å². The van der Waals surface area contributed by atoms with Crippen LogP contribution in [-0.4, -0.2) is 16.6 Å². The molecule has 0 bridgehead atoms. The molecule has 17 heavy (non-hydrogen) atoms. The fourth-order valence-corrected chi connectivity index (χ4v) is 2.46. The Morgan fingerprint density at radius 1 is 1.71 bits per heavy atom. The minimum Gasteiger partial charge on any atom is -0.338 e. The number of nitrogens with zero attached hydrogens (tertiary/aromatic N) is 1. The molecule has 0 saturated heterocycles. The zero-order chi connectivity index (χ0) is 12.5. The molecule has 1 aliphatic carbocycles. The van der Waals surface area contributed by atoms with Crippen LogP contribution in [-0.2, 0) is 4.79 Å². The smallest absolute Gasteiger partial charge is 0.246 e. The molecule has 1 aliphatic rings. The summed E-state index contributed by atoms with van der Waals surface area (Å²) in [7, 11) is 0. The van der Waals surface area contributed by atoms with Crippen molar-refractivity contribution in [3.63, 3.8) is 0 Å². The highest BCUT2D eigenvalue weighted by Crippen LogP contribution is 2.31. The third-order valence-corrected chi connectivity index (χ3v) is 3.35. The number of aromatic nitrogens is 1. The first-order chi connectivity index (χ1) is 7.99. The van der Waals surface area contributed by atoms with Gasteiger partial charge in [0.05, 0.1) is 11.2 Å². The highest BCUT2D eigenvalue weighted by atomic mass is 16.5. The predicted molar refractivity (Wildman–Crippen MR) is 64.4 cm³/mol. The van der Waals surface area contributed by atoms with Gasteiger partial charge in [-0.1, -0.05) is 24.9 Å². The molecule has 2 unspecified atom stereocenters. The van der Waals surface area contributed by atoms with Crippen LogP contribution in [0.2, 0.25) is 0 Å². The van der Waals surface area contributed by atoms with Crippen molar-refractivity contribution in [2.45, 2.75) is 45.1 Å². The van der Waals surface area contributed by atoms with Crippen LogP contribution in [0.25, 0.3) is 0 Å². The number of aryl methyl sites for hydroxylation is 1. The molecule has 2 rings (SSSR count). The molecule has 0 spiro atoms. The molecule has 1 aromatic rings. The molecule has 0 radical (unpaired) electrons. The number of hydrogen-bond acceptors (Lipinski definition) is 4. The van der Waals surface area contributed by atoms with Crippen molar-refractivity contribution in [1.29, 1.82) is 0 Å². The van der Waals surface area contributed by atoms with Crippen LogP contribution >= 0.6 is 0 Å². The van der Waals surface area contributed by atoms with Crippen LogP contribution in [0.5, 0.6) is 0 Å². The summed E-state index contributed by atoms with van der Waals surface area (Å²) in [5.74, 6) is 0.701. The molecule has 5 heteroatoms. The van der Waals surface area contributed by atoms with Gasteiger partial charge in [0.2, 0.25) is 11.8 Å². The van der Waals surface area contributed by atoms with Gasteiger partial charge in [-0.05, 0) is 25.7 Å². The number of rotatable bonds is 2. The van der Waals surface area contributed by atoms with E-state index in [1.54, 1.807) is 13.0 Å². The van der Waals surface area contributed by atoms with Gasteiger partial charge in [0.25, 0.3) is 0 Å². The van der Waals surface area contributed by atoms with Crippen molar-refractivity contribution < 1.29 is 9.32 Å². The van der Waals surface area contributed by atoms with Gasteiger partial charge < -0.3 is 10.3 Å². The van der Waals surface area contributed by atoms with Crippen molar-refractivity contribution in [1.82, 2.24) is 5.16 Å². The lowest BCUT2D eigenvalue weighted by Gasteiger charge is -2.34. The number of hydrogen-bond donors (Lipinski definition) is 2. The number of carbonyl (C=O) groups excluding carboxylic acids is 1. The van der Waals surface area contributed by atoms with E-state index >= 15 is 0 Å². The van der Waals surface area contributed by atoms with Gasteiger partial charge in [-0.25, -0.2) is 0 Å². The molecule has 1 amide bonds. The Morgan fingerprint density at radius 2 is 2.47 bits per heavy atom. The number of amides is 1. The molecule has 1 heterocycles. The lowest BCUT2D eigenvalue weighted by Crippen LogP contribution is -2.53. The fourth-order valence-electron chi connectivity index (χ4n) is 2.46. The average molecular weight is 237 g/mol. The normalized spacial score (nSPS) is 29.0. The summed E-state index contributed by atoms with van der Waals surface area (Å²) in [6.07, 6.45) is 3.61. The topological polar surface area (TPSA) is 81.2 Å². The summed E-state index contributed by atoms with van der Waals surface area (Å²) in [5.41, 5.74) is 6.15. The molecule has 0 aromatic carbocycles. The number of carbonyl (C=O) groups is 1. The highest BCUT2D eigenvalue weighted by molar-refractivity contribution is 5.97. The fraction of sp³-hybridized carbons (Fsp3) is 0.667. The average Bonchev–Trinajstić information content (AvgIpc) is 2.63. The highest BCUT2D eigenvalue weighted by Gasteiger charge is 2.38. The molecule has 0 aliphatic heterocycles.